The van der Waals surface area contributed by atoms with Crippen molar-refractivity contribution in [2.75, 3.05) is 0 Å². The van der Waals surface area contributed by atoms with Crippen LogP contribution in [0.5, 0.6) is 0 Å². The van der Waals surface area contributed by atoms with Gasteiger partial charge in [-0.15, -0.1) is 0 Å². The van der Waals surface area contributed by atoms with Gasteiger partial charge in [-0.2, -0.15) is 0 Å². The van der Waals surface area contributed by atoms with Crippen molar-refractivity contribution in [3.05, 3.63) is 0 Å². The Labute approximate surface area is 125 Å². The van der Waals surface area contributed by atoms with Gasteiger partial charge < -0.3 is 10.4 Å². The number of aliphatic carboxylic acids is 1. The van der Waals surface area contributed by atoms with Gasteiger partial charge in [0.05, 0.1) is 0 Å². The standard InChI is InChI=1S/C15H26N2O4/c1-4-11-5-6-12(10(11)3)16-15(21)17-13(18)7-9(2)8-14(19)20/h9-12H,4-8H2,1-3H3,(H,19,20)(H2,16,17,18,21). The van der Waals surface area contributed by atoms with E-state index in [9.17, 15) is 14.4 Å². The van der Waals surface area contributed by atoms with E-state index in [-0.39, 0.29) is 24.8 Å². The molecule has 1 fully saturated rings. The molecule has 21 heavy (non-hydrogen) atoms. The lowest BCUT2D eigenvalue weighted by molar-refractivity contribution is -0.138. The SMILES string of the molecule is CCC1CCC(NC(=O)NC(=O)CC(C)CC(=O)O)C1C. The molecular formula is C15H26N2O4. The number of imide groups is 1. The topological polar surface area (TPSA) is 95.5 Å². The van der Waals surface area contributed by atoms with Gasteiger partial charge in [0.25, 0.3) is 0 Å². The van der Waals surface area contributed by atoms with Gasteiger partial charge in [-0.05, 0) is 30.6 Å². The highest BCUT2D eigenvalue weighted by Gasteiger charge is 2.32. The Morgan fingerprint density at radius 3 is 2.43 bits per heavy atom. The van der Waals surface area contributed by atoms with E-state index in [2.05, 4.69) is 24.5 Å². The number of amides is 3. The lowest BCUT2D eigenvalue weighted by atomic mass is 9.93. The highest BCUT2D eigenvalue weighted by molar-refractivity contribution is 5.94. The molecule has 1 rings (SSSR count). The summed E-state index contributed by atoms with van der Waals surface area (Å²) in [5, 5.41) is 13.8. The molecule has 0 spiro atoms. The Bertz CT molecular complexity index is 397. The molecule has 0 aromatic heterocycles. The summed E-state index contributed by atoms with van der Waals surface area (Å²) in [4.78, 5) is 34.0. The van der Waals surface area contributed by atoms with Crippen LogP contribution in [0.2, 0.25) is 0 Å². The van der Waals surface area contributed by atoms with Gasteiger partial charge in [0.15, 0.2) is 0 Å². The van der Waals surface area contributed by atoms with Gasteiger partial charge in [0.1, 0.15) is 0 Å². The van der Waals surface area contributed by atoms with Crippen molar-refractivity contribution in [2.24, 2.45) is 17.8 Å². The highest BCUT2D eigenvalue weighted by atomic mass is 16.4. The second-order valence-corrected chi connectivity index (χ2v) is 6.14. The summed E-state index contributed by atoms with van der Waals surface area (Å²) in [6.45, 7) is 5.95. The summed E-state index contributed by atoms with van der Waals surface area (Å²) in [7, 11) is 0. The van der Waals surface area contributed by atoms with E-state index in [4.69, 9.17) is 5.11 Å². The molecule has 1 aliphatic rings. The Morgan fingerprint density at radius 1 is 1.24 bits per heavy atom. The molecule has 0 aliphatic heterocycles. The third-order valence-corrected chi connectivity index (χ3v) is 4.38. The van der Waals surface area contributed by atoms with E-state index in [1.165, 1.54) is 0 Å². The van der Waals surface area contributed by atoms with E-state index in [0.29, 0.717) is 11.8 Å². The van der Waals surface area contributed by atoms with Crippen LogP contribution in [0, 0.1) is 17.8 Å². The average Bonchev–Trinajstić information content (AvgIpc) is 2.68. The van der Waals surface area contributed by atoms with E-state index < -0.39 is 17.9 Å². The van der Waals surface area contributed by atoms with Crippen LogP contribution in [-0.4, -0.2) is 29.1 Å². The van der Waals surface area contributed by atoms with Crippen LogP contribution in [0.1, 0.15) is 52.9 Å². The fraction of sp³-hybridized carbons (Fsp3) is 0.800. The van der Waals surface area contributed by atoms with Crippen molar-refractivity contribution >= 4 is 17.9 Å². The molecule has 0 saturated heterocycles. The van der Waals surface area contributed by atoms with Gasteiger partial charge in [-0.3, -0.25) is 14.9 Å². The Balaban J connectivity index is 2.33. The van der Waals surface area contributed by atoms with Gasteiger partial charge in [-0.1, -0.05) is 27.2 Å². The molecule has 1 aliphatic carbocycles. The number of nitrogens with one attached hydrogen (secondary N) is 2. The maximum atomic E-state index is 11.8. The van der Waals surface area contributed by atoms with Crippen LogP contribution in [0.25, 0.3) is 0 Å². The highest BCUT2D eigenvalue weighted by Crippen LogP contribution is 2.33. The third kappa shape index (κ3) is 5.73. The van der Waals surface area contributed by atoms with Gasteiger partial charge in [-0.25, -0.2) is 4.79 Å². The van der Waals surface area contributed by atoms with Crippen molar-refractivity contribution in [1.29, 1.82) is 0 Å². The Kier molecular flexibility index (Phi) is 6.65. The molecule has 0 bridgehead atoms. The second kappa shape index (κ2) is 8.00. The van der Waals surface area contributed by atoms with Gasteiger partial charge in [0.2, 0.25) is 5.91 Å². The first-order chi connectivity index (χ1) is 9.83. The normalized spacial score (nSPS) is 26.1. The maximum absolute atomic E-state index is 11.8. The number of hydrogen-bond donors (Lipinski definition) is 3. The zero-order valence-corrected chi connectivity index (χ0v) is 13.0. The predicted octanol–water partition coefficient (Wildman–Crippen LogP) is 2.14. The number of carboxylic acid groups (broad SMARTS) is 1. The van der Waals surface area contributed by atoms with Crippen LogP contribution in [-0.2, 0) is 9.59 Å². The van der Waals surface area contributed by atoms with E-state index in [1.54, 1.807) is 6.92 Å². The molecule has 3 amide bonds. The summed E-state index contributed by atoms with van der Waals surface area (Å²) >= 11 is 0. The molecule has 0 aromatic rings. The molecule has 4 atom stereocenters. The summed E-state index contributed by atoms with van der Waals surface area (Å²) < 4.78 is 0. The third-order valence-electron chi connectivity index (χ3n) is 4.38. The first-order valence-electron chi connectivity index (χ1n) is 7.65. The number of hydrogen-bond acceptors (Lipinski definition) is 3. The fourth-order valence-electron chi connectivity index (χ4n) is 3.10. The minimum Gasteiger partial charge on any atom is -0.481 e. The molecule has 4 unspecified atom stereocenters. The van der Waals surface area contributed by atoms with Crippen molar-refractivity contribution in [3.8, 4) is 0 Å². The van der Waals surface area contributed by atoms with Crippen molar-refractivity contribution < 1.29 is 19.5 Å². The number of urea groups is 1. The summed E-state index contributed by atoms with van der Waals surface area (Å²) in [5.74, 6) is -0.613. The van der Waals surface area contributed by atoms with E-state index in [0.717, 1.165) is 19.3 Å². The van der Waals surface area contributed by atoms with Crippen LogP contribution in [0.4, 0.5) is 4.79 Å². The summed E-state index contributed by atoms with van der Waals surface area (Å²) in [5.41, 5.74) is 0. The Morgan fingerprint density at radius 2 is 1.90 bits per heavy atom. The monoisotopic (exact) mass is 298 g/mol. The molecule has 6 nitrogen and oxygen atoms in total. The maximum Gasteiger partial charge on any atom is 0.321 e. The minimum atomic E-state index is -0.940. The Hall–Kier alpha value is -1.59. The molecular weight excluding hydrogens is 272 g/mol. The smallest absolute Gasteiger partial charge is 0.321 e. The van der Waals surface area contributed by atoms with Crippen molar-refractivity contribution in [1.82, 2.24) is 10.6 Å². The number of carbonyl (C=O) groups excluding carboxylic acids is 2. The zero-order valence-electron chi connectivity index (χ0n) is 13.0. The molecule has 1 saturated carbocycles. The second-order valence-electron chi connectivity index (χ2n) is 6.14. The van der Waals surface area contributed by atoms with Crippen LogP contribution in [0.3, 0.4) is 0 Å². The van der Waals surface area contributed by atoms with Crippen LogP contribution in [0.15, 0.2) is 0 Å². The average molecular weight is 298 g/mol. The first-order valence-corrected chi connectivity index (χ1v) is 7.65. The largest absolute Gasteiger partial charge is 0.481 e. The van der Waals surface area contributed by atoms with Crippen molar-refractivity contribution in [2.45, 2.75) is 58.9 Å². The zero-order chi connectivity index (χ0) is 16.0. The fourth-order valence-corrected chi connectivity index (χ4v) is 3.10. The van der Waals surface area contributed by atoms with Crippen molar-refractivity contribution in [3.63, 3.8) is 0 Å². The summed E-state index contributed by atoms with van der Waals surface area (Å²) in [6.07, 6.45) is 3.11. The number of carboxylic acids is 1. The lowest BCUT2D eigenvalue weighted by Crippen LogP contribution is -2.46. The van der Waals surface area contributed by atoms with Gasteiger partial charge >= 0.3 is 12.0 Å². The van der Waals surface area contributed by atoms with Crippen LogP contribution >= 0.6 is 0 Å². The lowest BCUT2D eigenvalue weighted by Gasteiger charge is -2.21. The van der Waals surface area contributed by atoms with Gasteiger partial charge in [0, 0.05) is 18.9 Å². The molecule has 0 aromatic carbocycles. The molecule has 0 radical (unpaired) electrons. The quantitative estimate of drug-likeness (QED) is 0.700. The molecule has 6 heteroatoms. The van der Waals surface area contributed by atoms with E-state index in [1.807, 2.05) is 0 Å². The first kappa shape index (κ1) is 17.5. The molecule has 120 valence electrons. The van der Waals surface area contributed by atoms with E-state index >= 15 is 0 Å². The molecule has 3 N–H and O–H groups in total. The van der Waals surface area contributed by atoms with Crippen LogP contribution < -0.4 is 10.6 Å². The number of rotatable bonds is 6. The minimum absolute atomic E-state index is 0.0392. The molecule has 0 heterocycles. The summed E-state index contributed by atoms with van der Waals surface area (Å²) in [6, 6.07) is -0.365. The number of carbonyl (C=O) groups is 3. The predicted molar refractivity (Wildman–Crippen MR) is 78.7 cm³/mol.